The second-order valence-corrected chi connectivity index (χ2v) is 1.35. The van der Waals surface area contributed by atoms with Crippen molar-refractivity contribution >= 4 is 0 Å². The minimum atomic E-state index is 0.344. The maximum Gasteiger partial charge on any atom is 0.187 e. The van der Waals surface area contributed by atoms with Gasteiger partial charge in [0.25, 0.3) is 0 Å². The molecule has 0 N–H and O–H groups in total. The first-order chi connectivity index (χ1) is 3.91. The summed E-state index contributed by atoms with van der Waals surface area (Å²) in [5, 5.41) is 0. The van der Waals surface area contributed by atoms with Gasteiger partial charge >= 0.3 is 0 Å². The lowest BCUT2D eigenvalue weighted by molar-refractivity contribution is 0.0196. The smallest absolute Gasteiger partial charge is 0.187 e. The van der Waals surface area contributed by atoms with Crippen LogP contribution in [0, 0.1) is 0 Å². The van der Waals surface area contributed by atoms with Crippen LogP contribution in [0.4, 0.5) is 0 Å². The van der Waals surface area contributed by atoms with E-state index in [2.05, 4.69) is 4.74 Å². The number of methoxy groups -OCH3 is 1. The van der Waals surface area contributed by atoms with Crippen molar-refractivity contribution in [3.8, 4) is 0 Å². The van der Waals surface area contributed by atoms with Crippen molar-refractivity contribution in [1.29, 1.82) is 0 Å². The molecule has 2 heteroatoms. The Hall–Kier alpha value is -0.500. The van der Waals surface area contributed by atoms with E-state index in [4.69, 9.17) is 4.74 Å². The fourth-order valence-corrected chi connectivity index (χ4v) is 0.272. The molecule has 0 saturated carbocycles. The summed E-state index contributed by atoms with van der Waals surface area (Å²) in [6.45, 7) is 2.39. The van der Waals surface area contributed by atoms with E-state index >= 15 is 0 Å². The van der Waals surface area contributed by atoms with Crippen LogP contribution in [0.25, 0.3) is 0 Å². The van der Waals surface area contributed by atoms with Crippen LogP contribution in [0.2, 0.25) is 0 Å². The summed E-state index contributed by atoms with van der Waals surface area (Å²) in [6, 6.07) is 0. The molecule has 8 heavy (non-hydrogen) atoms. The van der Waals surface area contributed by atoms with Gasteiger partial charge in [-0.1, -0.05) is 6.92 Å². The lowest BCUT2D eigenvalue weighted by atomic mass is 10.5. The first kappa shape index (κ1) is 7.50. The summed E-state index contributed by atoms with van der Waals surface area (Å²) in [5.74, 6) is 0. The van der Waals surface area contributed by atoms with Crippen LogP contribution in [0.15, 0.2) is 12.3 Å². The first-order valence-electron chi connectivity index (χ1n) is 2.67. The Morgan fingerprint density at radius 2 is 2.25 bits per heavy atom. The SMILES string of the molecule is CCC=COCOC. The molecule has 0 aromatic heterocycles. The lowest BCUT2D eigenvalue weighted by Gasteiger charge is -1.94. The molecule has 0 aliphatic rings. The van der Waals surface area contributed by atoms with Crippen molar-refractivity contribution < 1.29 is 9.47 Å². The van der Waals surface area contributed by atoms with Gasteiger partial charge in [0.2, 0.25) is 0 Å². The highest BCUT2D eigenvalue weighted by Gasteiger charge is 1.70. The molecular formula is C6H12O2. The normalized spacial score (nSPS) is 10.2. The van der Waals surface area contributed by atoms with Crippen LogP contribution in [-0.4, -0.2) is 13.9 Å². The van der Waals surface area contributed by atoms with Gasteiger partial charge in [0.15, 0.2) is 6.79 Å². The summed E-state index contributed by atoms with van der Waals surface area (Å²) >= 11 is 0. The monoisotopic (exact) mass is 116 g/mol. The molecule has 0 saturated heterocycles. The zero-order valence-electron chi connectivity index (χ0n) is 5.39. The summed E-state index contributed by atoms with van der Waals surface area (Å²) in [7, 11) is 1.60. The summed E-state index contributed by atoms with van der Waals surface area (Å²) < 4.78 is 9.44. The van der Waals surface area contributed by atoms with Crippen LogP contribution in [0.3, 0.4) is 0 Å². The van der Waals surface area contributed by atoms with E-state index < -0.39 is 0 Å². The Balaban J connectivity index is 2.80. The molecule has 0 atom stereocenters. The van der Waals surface area contributed by atoms with E-state index in [-0.39, 0.29) is 0 Å². The average molecular weight is 116 g/mol. The quantitative estimate of drug-likeness (QED) is 0.315. The summed E-state index contributed by atoms with van der Waals surface area (Å²) in [6.07, 6.45) is 4.58. The molecule has 0 aliphatic carbocycles. The molecule has 0 aliphatic heterocycles. The molecule has 0 bridgehead atoms. The largest absolute Gasteiger partial charge is 0.476 e. The van der Waals surface area contributed by atoms with Gasteiger partial charge in [-0.25, -0.2) is 0 Å². The van der Waals surface area contributed by atoms with Crippen LogP contribution >= 0.6 is 0 Å². The molecule has 0 aromatic rings. The highest BCUT2D eigenvalue weighted by molar-refractivity contribution is 4.69. The zero-order chi connectivity index (χ0) is 6.24. The lowest BCUT2D eigenvalue weighted by Crippen LogP contribution is -1.87. The number of rotatable bonds is 4. The molecule has 0 spiro atoms. The molecule has 0 amide bonds. The van der Waals surface area contributed by atoms with Gasteiger partial charge in [0.1, 0.15) is 0 Å². The van der Waals surface area contributed by atoms with Gasteiger partial charge in [-0.3, -0.25) is 0 Å². The molecule has 0 rings (SSSR count). The van der Waals surface area contributed by atoms with Gasteiger partial charge in [0, 0.05) is 7.11 Å². The topological polar surface area (TPSA) is 18.5 Å². The van der Waals surface area contributed by atoms with Crippen LogP contribution in [0.1, 0.15) is 13.3 Å². The van der Waals surface area contributed by atoms with Crippen molar-refractivity contribution in [2.24, 2.45) is 0 Å². The van der Waals surface area contributed by atoms with Crippen LogP contribution < -0.4 is 0 Å². The molecule has 0 heterocycles. The van der Waals surface area contributed by atoms with Crippen molar-refractivity contribution in [1.82, 2.24) is 0 Å². The van der Waals surface area contributed by atoms with E-state index in [1.807, 2.05) is 13.0 Å². The Morgan fingerprint density at radius 3 is 2.75 bits per heavy atom. The predicted octanol–water partition coefficient (Wildman–Crippen LogP) is 1.53. The molecule has 48 valence electrons. The first-order valence-corrected chi connectivity index (χ1v) is 2.67. The van der Waals surface area contributed by atoms with Crippen molar-refractivity contribution in [3.05, 3.63) is 12.3 Å². The predicted molar refractivity (Wildman–Crippen MR) is 32.4 cm³/mol. The number of hydrogen-bond donors (Lipinski definition) is 0. The standard InChI is InChI=1S/C6H12O2/c1-3-4-5-8-6-7-2/h4-5H,3,6H2,1-2H3. The van der Waals surface area contributed by atoms with E-state index in [0.717, 1.165) is 6.42 Å². The Bertz CT molecular complexity index is 59.5. The van der Waals surface area contributed by atoms with Crippen molar-refractivity contribution in [2.75, 3.05) is 13.9 Å². The maximum absolute atomic E-state index is 4.82. The van der Waals surface area contributed by atoms with Gasteiger partial charge in [0.05, 0.1) is 6.26 Å². The fourth-order valence-electron chi connectivity index (χ4n) is 0.272. The van der Waals surface area contributed by atoms with Gasteiger partial charge in [-0.05, 0) is 12.5 Å². The molecule has 0 aromatic carbocycles. The van der Waals surface area contributed by atoms with Gasteiger partial charge in [-0.15, -0.1) is 0 Å². The number of hydrogen-bond acceptors (Lipinski definition) is 2. The second kappa shape index (κ2) is 6.50. The maximum atomic E-state index is 4.82. The molecular weight excluding hydrogens is 104 g/mol. The van der Waals surface area contributed by atoms with Crippen LogP contribution in [0.5, 0.6) is 0 Å². The van der Waals surface area contributed by atoms with Gasteiger partial charge in [-0.2, -0.15) is 0 Å². The minimum absolute atomic E-state index is 0.344. The summed E-state index contributed by atoms with van der Waals surface area (Å²) in [4.78, 5) is 0. The highest BCUT2D eigenvalue weighted by atomic mass is 16.7. The third kappa shape index (κ3) is 5.50. The third-order valence-corrected chi connectivity index (χ3v) is 0.614. The van der Waals surface area contributed by atoms with E-state index in [1.165, 1.54) is 0 Å². The average Bonchev–Trinajstić information content (AvgIpc) is 1.81. The van der Waals surface area contributed by atoms with Crippen LogP contribution in [-0.2, 0) is 9.47 Å². The Kier molecular flexibility index (Phi) is 6.09. The minimum Gasteiger partial charge on any atom is -0.476 e. The zero-order valence-corrected chi connectivity index (χ0v) is 5.39. The number of allylic oxidation sites excluding steroid dienone is 1. The van der Waals surface area contributed by atoms with Gasteiger partial charge < -0.3 is 9.47 Å². The third-order valence-electron chi connectivity index (χ3n) is 0.614. The molecule has 0 fully saturated rings. The van der Waals surface area contributed by atoms with Crippen molar-refractivity contribution in [2.45, 2.75) is 13.3 Å². The molecule has 0 radical (unpaired) electrons. The Labute approximate surface area is 50.1 Å². The fraction of sp³-hybridized carbons (Fsp3) is 0.667. The highest BCUT2D eigenvalue weighted by Crippen LogP contribution is 1.80. The van der Waals surface area contributed by atoms with Crippen molar-refractivity contribution in [3.63, 3.8) is 0 Å². The number of ether oxygens (including phenoxy) is 2. The molecule has 2 nitrogen and oxygen atoms in total. The van der Waals surface area contributed by atoms with E-state index in [9.17, 15) is 0 Å². The molecule has 0 unspecified atom stereocenters. The second-order valence-electron chi connectivity index (χ2n) is 1.35. The summed E-state index contributed by atoms with van der Waals surface area (Å²) in [5.41, 5.74) is 0. The van der Waals surface area contributed by atoms with E-state index in [1.54, 1.807) is 13.4 Å². The Morgan fingerprint density at radius 1 is 1.50 bits per heavy atom. The van der Waals surface area contributed by atoms with E-state index in [0.29, 0.717) is 6.79 Å².